The molecule has 1 aliphatic rings. The third-order valence-corrected chi connectivity index (χ3v) is 4.36. The standard InChI is InChI=1S/C14H21N5O2/c1-9-4-3-5-14(7-9,8-20)16-11-6-12-17-18-13(21)19(12)10(2)15-11/h6,9,16,20H,3-5,7-8H2,1-2H3,(H,18,21). The summed E-state index contributed by atoms with van der Waals surface area (Å²) >= 11 is 0. The van der Waals surface area contributed by atoms with Crippen LogP contribution in [-0.2, 0) is 0 Å². The maximum atomic E-state index is 11.6. The molecule has 0 aromatic carbocycles. The van der Waals surface area contributed by atoms with Crippen LogP contribution < -0.4 is 11.0 Å². The Labute approximate surface area is 122 Å². The lowest BCUT2D eigenvalue weighted by Gasteiger charge is -2.39. The molecule has 1 saturated carbocycles. The molecule has 7 heteroatoms. The van der Waals surface area contributed by atoms with Crippen molar-refractivity contribution in [3.05, 3.63) is 22.4 Å². The lowest BCUT2D eigenvalue weighted by Crippen LogP contribution is -2.46. The minimum absolute atomic E-state index is 0.0800. The third-order valence-electron chi connectivity index (χ3n) is 4.36. The molecule has 0 saturated heterocycles. The zero-order valence-corrected chi connectivity index (χ0v) is 12.4. The maximum Gasteiger partial charge on any atom is 0.349 e. The van der Waals surface area contributed by atoms with Crippen molar-refractivity contribution in [1.29, 1.82) is 0 Å². The molecule has 2 heterocycles. The van der Waals surface area contributed by atoms with Crippen molar-refractivity contribution >= 4 is 11.5 Å². The summed E-state index contributed by atoms with van der Waals surface area (Å²) in [5.41, 5.74) is -0.0804. The molecule has 0 aliphatic heterocycles. The Kier molecular flexibility index (Phi) is 3.44. The number of fused-ring (bicyclic) bond motifs is 1. The Morgan fingerprint density at radius 1 is 1.62 bits per heavy atom. The Morgan fingerprint density at radius 3 is 3.14 bits per heavy atom. The van der Waals surface area contributed by atoms with E-state index in [2.05, 4.69) is 27.4 Å². The monoisotopic (exact) mass is 291 g/mol. The number of aliphatic hydroxyl groups excluding tert-OH is 1. The van der Waals surface area contributed by atoms with Crippen molar-refractivity contribution < 1.29 is 5.11 Å². The van der Waals surface area contributed by atoms with E-state index in [1.54, 1.807) is 13.0 Å². The van der Waals surface area contributed by atoms with Crippen molar-refractivity contribution in [3.63, 3.8) is 0 Å². The third kappa shape index (κ3) is 2.53. The van der Waals surface area contributed by atoms with E-state index in [4.69, 9.17) is 0 Å². The van der Waals surface area contributed by atoms with Crippen LogP contribution in [0.4, 0.5) is 5.82 Å². The predicted octanol–water partition coefficient (Wildman–Crippen LogP) is 1.08. The van der Waals surface area contributed by atoms with Gasteiger partial charge in [-0.3, -0.25) is 0 Å². The Morgan fingerprint density at radius 2 is 2.43 bits per heavy atom. The number of anilines is 1. The SMILES string of the molecule is Cc1nc(NC2(CO)CCCC(C)C2)cc2n[nH]c(=O)n12. The number of hydrogen-bond acceptors (Lipinski definition) is 5. The Balaban J connectivity index is 1.95. The largest absolute Gasteiger partial charge is 0.394 e. The summed E-state index contributed by atoms with van der Waals surface area (Å²) in [5, 5.41) is 19.6. The topological polar surface area (TPSA) is 95.3 Å². The number of aromatic amines is 1. The lowest BCUT2D eigenvalue weighted by atomic mass is 9.77. The number of H-pyrrole nitrogens is 1. The molecule has 0 bridgehead atoms. The van der Waals surface area contributed by atoms with Gasteiger partial charge in [0.05, 0.1) is 12.1 Å². The zero-order valence-electron chi connectivity index (χ0n) is 12.4. The molecule has 2 unspecified atom stereocenters. The van der Waals surface area contributed by atoms with E-state index < -0.39 is 0 Å². The first-order chi connectivity index (χ1) is 10.0. The maximum absolute atomic E-state index is 11.6. The second kappa shape index (κ2) is 5.14. The summed E-state index contributed by atoms with van der Waals surface area (Å²) in [7, 11) is 0. The highest BCUT2D eigenvalue weighted by atomic mass is 16.3. The molecule has 3 N–H and O–H groups in total. The fourth-order valence-corrected chi connectivity index (χ4v) is 3.39. The van der Waals surface area contributed by atoms with E-state index in [-0.39, 0.29) is 17.8 Å². The molecular weight excluding hydrogens is 270 g/mol. The molecule has 2 atom stereocenters. The second-order valence-electron chi connectivity index (χ2n) is 6.18. The van der Waals surface area contributed by atoms with Crippen molar-refractivity contribution in [2.75, 3.05) is 11.9 Å². The van der Waals surface area contributed by atoms with E-state index >= 15 is 0 Å². The molecule has 1 aliphatic carbocycles. The fourth-order valence-electron chi connectivity index (χ4n) is 3.39. The Bertz CT molecular complexity index is 707. The number of nitrogens with zero attached hydrogens (tertiary/aromatic N) is 3. The summed E-state index contributed by atoms with van der Waals surface area (Å²) < 4.78 is 1.43. The van der Waals surface area contributed by atoms with Crippen LogP contribution in [-0.4, -0.2) is 36.8 Å². The highest BCUT2D eigenvalue weighted by molar-refractivity contribution is 5.51. The molecule has 0 spiro atoms. The van der Waals surface area contributed by atoms with Gasteiger partial charge in [-0.25, -0.2) is 19.3 Å². The minimum atomic E-state index is -0.327. The number of aliphatic hydroxyl groups is 1. The van der Waals surface area contributed by atoms with Gasteiger partial charge in [-0.2, -0.15) is 5.10 Å². The number of aromatic nitrogens is 4. The molecule has 7 nitrogen and oxygen atoms in total. The summed E-state index contributed by atoms with van der Waals surface area (Å²) in [6.07, 6.45) is 4.14. The van der Waals surface area contributed by atoms with Gasteiger partial charge in [0.2, 0.25) is 0 Å². The smallest absolute Gasteiger partial charge is 0.349 e. The highest BCUT2D eigenvalue weighted by Gasteiger charge is 2.34. The van der Waals surface area contributed by atoms with Gasteiger partial charge in [-0.05, 0) is 25.7 Å². The summed E-state index contributed by atoms with van der Waals surface area (Å²) in [4.78, 5) is 16.0. The number of nitrogens with one attached hydrogen (secondary N) is 2. The average Bonchev–Trinajstić information content (AvgIpc) is 2.80. The normalized spacial score (nSPS) is 26.1. The second-order valence-corrected chi connectivity index (χ2v) is 6.18. The fraction of sp³-hybridized carbons (Fsp3) is 0.643. The zero-order chi connectivity index (χ0) is 15.0. The van der Waals surface area contributed by atoms with E-state index in [1.165, 1.54) is 10.8 Å². The van der Waals surface area contributed by atoms with E-state index in [0.29, 0.717) is 23.2 Å². The first kappa shape index (κ1) is 14.1. The van der Waals surface area contributed by atoms with E-state index in [1.807, 2.05) is 0 Å². The lowest BCUT2D eigenvalue weighted by molar-refractivity contribution is 0.149. The molecule has 1 fully saturated rings. The molecule has 0 radical (unpaired) electrons. The molecule has 2 aromatic heterocycles. The number of aryl methyl sites for hydroxylation is 1. The minimum Gasteiger partial charge on any atom is -0.394 e. The van der Waals surface area contributed by atoms with E-state index in [9.17, 15) is 9.90 Å². The summed E-state index contributed by atoms with van der Waals surface area (Å²) in [5.74, 6) is 1.81. The molecule has 114 valence electrons. The van der Waals surface area contributed by atoms with Gasteiger partial charge in [-0.1, -0.05) is 19.8 Å². The molecule has 21 heavy (non-hydrogen) atoms. The van der Waals surface area contributed by atoms with Gasteiger partial charge in [0, 0.05) is 6.07 Å². The van der Waals surface area contributed by atoms with Crippen LogP contribution in [0.25, 0.3) is 5.65 Å². The van der Waals surface area contributed by atoms with Gasteiger partial charge < -0.3 is 10.4 Å². The van der Waals surface area contributed by atoms with Gasteiger partial charge >= 0.3 is 5.69 Å². The van der Waals surface area contributed by atoms with E-state index in [0.717, 1.165) is 19.3 Å². The number of hydrogen-bond donors (Lipinski definition) is 3. The van der Waals surface area contributed by atoms with Gasteiger partial charge in [0.1, 0.15) is 11.6 Å². The van der Waals surface area contributed by atoms with Crippen molar-refractivity contribution in [2.24, 2.45) is 5.92 Å². The molecule has 3 rings (SSSR count). The highest BCUT2D eigenvalue weighted by Crippen LogP contribution is 2.34. The van der Waals surface area contributed by atoms with Crippen LogP contribution in [0.1, 0.15) is 38.4 Å². The quantitative estimate of drug-likeness (QED) is 0.786. The van der Waals surface area contributed by atoms with Crippen LogP contribution in [0.5, 0.6) is 0 Å². The van der Waals surface area contributed by atoms with Crippen LogP contribution >= 0.6 is 0 Å². The summed E-state index contributed by atoms with van der Waals surface area (Å²) in [6.45, 7) is 4.06. The molecule has 2 aromatic rings. The van der Waals surface area contributed by atoms with Crippen LogP contribution in [0, 0.1) is 12.8 Å². The molecular formula is C14H21N5O2. The van der Waals surface area contributed by atoms with Crippen molar-refractivity contribution in [3.8, 4) is 0 Å². The number of rotatable bonds is 3. The first-order valence-corrected chi connectivity index (χ1v) is 7.37. The van der Waals surface area contributed by atoms with Gasteiger partial charge in [0.15, 0.2) is 5.65 Å². The van der Waals surface area contributed by atoms with Crippen molar-refractivity contribution in [1.82, 2.24) is 19.6 Å². The average molecular weight is 291 g/mol. The first-order valence-electron chi connectivity index (χ1n) is 7.37. The van der Waals surface area contributed by atoms with Crippen LogP contribution in [0.2, 0.25) is 0 Å². The van der Waals surface area contributed by atoms with Crippen LogP contribution in [0.15, 0.2) is 10.9 Å². The summed E-state index contributed by atoms with van der Waals surface area (Å²) in [6, 6.07) is 1.74. The molecule has 0 amide bonds. The predicted molar refractivity (Wildman–Crippen MR) is 79.4 cm³/mol. The van der Waals surface area contributed by atoms with Crippen molar-refractivity contribution in [2.45, 2.75) is 45.1 Å². The van der Waals surface area contributed by atoms with Gasteiger partial charge in [-0.15, -0.1) is 0 Å². The van der Waals surface area contributed by atoms with Crippen LogP contribution in [0.3, 0.4) is 0 Å². The Hall–Kier alpha value is -1.89. The van der Waals surface area contributed by atoms with Gasteiger partial charge in [0.25, 0.3) is 0 Å².